The van der Waals surface area contributed by atoms with Gasteiger partial charge in [0.2, 0.25) is 5.75 Å². The van der Waals surface area contributed by atoms with Crippen molar-refractivity contribution < 1.29 is 4.74 Å². The van der Waals surface area contributed by atoms with Crippen molar-refractivity contribution in [3.8, 4) is 5.75 Å². The quantitative estimate of drug-likeness (QED) is 0.894. The van der Waals surface area contributed by atoms with E-state index in [1.807, 2.05) is 42.3 Å². The van der Waals surface area contributed by atoms with Crippen LogP contribution in [0.2, 0.25) is 0 Å². The number of para-hydroxylation sites is 1. The summed E-state index contributed by atoms with van der Waals surface area (Å²) >= 11 is 0. The van der Waals surface area contributed by atoms with Gasteiger partial charge in [-0.25, -0.2) is 9.97 Å². The van der Waals surface area contributed by atoms with Gasteiger partial charge in [0.15, 0.2) is 11.6 Å². The van der Waals surface area contributed by atoms with Crippen LogP contribution in [0.4, 0.5) is 17.3 Å². The largest absolute Gasteiger partial charge is 0.490 e. The lowest BCUT2D eigenvalue weighted by atomic mass is 10.3. The highest BCUT2D eigenvalue weighted by Gasteiger charge is 2.15. The Kier molecular flexibility index (Phi) is 3.62. The summed E-state index contributed by atoms with van der Waals surface area (Å²) in [5.74, 6) is 2.03. The molecule has 0 saturated carbocycles. The zero-order valence-electron chi connectivity index (χ0n) is 10.7. The summed E-state index contributed by atoms with van der Waals surface area (Å²) in [6, 6.07) is 9.98. The van der Waals surface area contributed by atoms with Gasteiger partial charge < -0.3 is 15.0 Å². The van der Waals surface area contributed by atoms with Gasteiger partial charge in [0.05, 0.1) is 7.11 Å². The highest BCUT2D eigenvalue weighted by molar-refractivity contribution is 5.70. The lowest BCUT2D eigenvalue weighted by Gasteiger charge is -2.21. The first-order valence-electron chi connectivity index (χ1n) is 5.63. The molecule has 0 aliphatic heterocycles. The molecule has 0 aliphatic carbocycles. The summed E-state index contributed by atoms with van der Waals surface area (Å²) in [5, 5.41) is 2.99. The molecular formula is C13H16N4O. The van der Waals surface area contributed by atoms with Crippen molar-refractivity contribution in [3.63, 3.8) is 0 Å². The van der Waals surface area contributed by atoms with E-state index in [2.05, 4.69) is 15.3 Å². The van der Waals surface area contributed by atoms with Gasteiger partial charge in [0.1, 0.15) is 6.33 Å². The smallest absolute Gasteiger partial charge is 0.204 e. The van der Waals surface area contributed by atoms with Gasteiger partial charge in [0, 0.05) is 19.8 Å². The number of nitrogens with one attached hydrogen (secondary N) is 1. The lowest BCUT2D eigenvalue weighted by Crippen LogP contribution is -2.13. The van der Waals surface area contributed by atoms with Crippen molar-refractivity contribution in [2.75, 3.05) is 31.4 Å². The second-order valence-corrected chi connectivity index (χ2v) is 3.72. The standard InChI is InChI=1S/C13H16N4O/c1-14-12-11(18-3)13(16-9-15-12)17(2)10-7-5-4-6-8-10/h4-9H,1-3H3,(H,14,15,16). The number of aromatic nitrogens is 2. The van der Waals surface area contributed by atoms with Gasteiger partial charge >= 0.3 is 0 Å². The van der Waals surface area contributed by atoms with Gasteiger partial charge in [-0.1, -0.05) is 18.2 Å². The van der Waals surface area contributed by atoms with Crippen LogP contribution >= 0.6 is 0 Å². The van der Waals surface area contributed by atoms with E-state index in [4.69, 9.17) is 4.74 Å². The molecule has 0 radical (unpaired) electrons. The van der Waals surface area contributed by atoms with Gasteiger partial charge in [-0.15, -0.1) is 0 Å². The Morgan fingerprint density at radius 1 is 1.17 bits per heavy atom. The van der Waals surface area contributed by atoms with Crippen LogP contribution in [-0.2, 0) is 0 Å². The van der Waals surface area contributed by atoms with Crippen molar-refractivity contribution in [2.24, 2.45) is 0 Å². The number of anilines is 3. The minimum absolute atomic E-state index is 0.631. The molecule has 5 heteroatoms. The summed E-state index contributed by atoms with van der Waals surface area (Å²) in [6.07, 6.45) is 1.52. The molecule has 2 aromatic rings. The van der Waals surface area contributed by atoms with Crippen LogP contribution in [0.15, 0.2) is 36.7 Å². The number of hydrogen-bond acceptors (Lipinski definition) is 5. The van der Waals surface area contributed by atoms with Crippen molar-refractivity contribution in [3.05, 3.63) is 36.7 Å². The molecule has 94 valence electrons. The maximum atomic E-state index is 5.38. The number of benzene rings is 1. The molecule has 1 aromatic heterocycles. The first-order valence-corrected chi connectivity index (χ1v) is 5.63. The van der Waals surface area contributed by atoms with Gasteiger partial charge in [-0.3, -0.25) is 0 Å². The molecule has 5 nitrogen and oxygen atoms in total. The molecule has 0 fully saturated rings. The third-order valence-corrected chi connectivity index (χ3v) is 2.69. The van der Waals surface area contributed by atoms with E-state index < -0.39 is 0 Å². The Morgan fingerprint density at radius 2 is 1.89 bits per heavy atom. The van der Waals surface area contributed by atoms with Crippen molar-refractivity contribution in [1.29, 1.82) is 0 Å². The Labute approximate surface area is 106 Å². The van der Waals surface area contributed by atoms with Gasteiger partial charge in [0.25, 0.3) is 0 Å². The fourth-order valence-corrected chi connectivity index (χ4v) is 1.74. The molecule has 0 bridgehead atoms. The van der Waals surface area contributed by atoms with E-state index >= 15 is 0 Å². The second-order valence-electron chi connectivity index (χ2n) is 3.72. The molecule has 0 saturated heterocycles. The van der Waals surface area contributed by atoms with Crippen LogP contribution < -0.4 is 15.0 Å². The second kappa shape index (κ2) is 5.35. The van der Waals surface area contributed by atoms with Gasteiger partial charge in [-0.2, -0.15) is 0 Å². The maximum Gasteiger partial charge on any atom is 0.204 e. The summed E-state index contributed by atoms with van der Waals surface area (Å²) < 4.78 is 5.38. The first kappa shape index (κ1) is 12.2. The predicted molar refractivity (Wildman–Crippen MR) is 72.6 cm³/mol. The average Bonchev–Trinajstić information content (AvgIpc) is 2.46. The van der Waals surface area contributed by atoms with Crippen molar-refractivity contribution in [2.45, 2.75) is 0 Å². The van der Waals surface area contributed by atoms with Crippen molar-refractivity contribution in [1.82, 2.24) is 9.97 Å². The van der Waals surface area contributed by atoms with Crippen LogP contribution in [0.5, 0.6) is 5.75 Å². The van der Waals surface area contributed by atoms with Crippen LogP contribution in [-0.4, -0.2) is 31.2 Å². The molecule has 0 aliphatic rings. The van der Waals surface area contributed by atoms with Crippen LogP contribution in [0.3, 0.4) is 0 Å². The van der Waals surface area contributed by atoms with Crippen LogP contribution in [0.25, 0.3) is 0 Å². The molecule has 2 rings (SSSR count). The summed E-state index contributed by atoms with van der Waals surface area (Å²) in [5.41, 5.74) is 1.04. The molecule has 0 spiro atoms. The number of rotatable bonds is 4. The topological polar surface area (TPSA) is 50.3 Å². The zero-order valence-corrected chi connectivity index (χ0v) is 10.7. The third-order valence-electron chi connectivity index (χ3n) is 2.69. The van der Waals surface area contributed by atoms with Crippen molar-refractivity contribution >= 4 is 17.3 Å². The fourth-order valence-electron chi connectivity index (χ4n) is 1.74. The minimum Gasteiger partial charge on any atom is -0.490 e. The summed E-state index contributed by atoms with van der Waals surface area (Å²) in [6.45, 7) is 0. The number of hydrogen-bond donors (Lipinski definition) is 1. The Morgan fingerprint density at radius 3 is 2.50 bits per heavy atom. The molecule has 18 heavy (non-hydrogen) atoms. The van der Waals surface area contributed by atoms with E-state index in [0.29, 0.717) is 11.6 Å². The van der Waals surface area contributed by atoms with E-state index in [1.165, 1.54) is 6.33 Å². The Bertz CT molecular complexity index is 516. The summed E-state index contributed by atoms with van der Waals surface area (Å²) in [4.78, 5) is 10.4. The normalized spacial score (nSPS) is 9.94. The SMILES string of the molecule is CNc1ncnc(N(C)c2ccccc2)c1OC. The number of ether oxygens (including phenoxy) is 1. The number of nitrogens with zero attached hydrogens (tertiary/aromatic N) is 3. The zero-order chi connectivity index (χ0) is 13.0. The van der Waals surface area contributed by atoms with E-state index in [-0.39, 0.29) is 0 Å². The van der Waals surface area contributed by atoms with Gasteiger partial charge in [-0.05, 0) is 12.1 Å². The van der Waals surface area contributed by atoms with E-state index in [0.717, 1.165) is 11.5 Å². The Balaban J connectivity index is 2.45. The molecule has 1 N–H and O–H groups in total. The highest BCUT2D eigenvalue weighted by Crippen LogP contribution is 2.34. The minimum atomic E-state index is 0.631. The average molecular weight is 244 g/mol. The third kappa shape index (κ3) is 2.20. The fraction of sp³-hybridized carbons (Fsp3) is 0.231. The maximum absolute atomic E-state index is 5.38. The highest BCUT2D eigenvalue weighted by atomic mass is 16.5. The first-order chi connectivity index (χ1) is 8.77. The molecule has 0 unspecified atom stereocenters. The molecule has 0 atom stereocenters. The molecule has 0 amide bonds. The van der Waals surface area contributed by atoms with Crippen LogP contribution in [0, 0.1) is 0 Å². The van der Waals surface area contributed by atoms with E-state index in [1.54, 1.807) is 14.2 Å². The van der Waals surface area contributed by atoms with E-state index in [9.17, 15) is 0 Å². The Hall–Kier alpha value is -2.30. The molecule has 1 heterocycles. The summed E-state index contributed by atoms with van der Waals surface area (Å²) in [7, 11) is 5.36. The monoisotopic (exact) mass is 244 g/mol. The van der Waals surface area contributed by atoms with Crippen LogP contribution in [0.1, 0.15) is 0 Å². The lowest BCUT2D eigenvalue weighted by molar-refractivity contribution is 0.414. The predicted octanol–water partition coefficient (Wildman–Crippen LogP) is 2.29. The molecular weight excluding hydrogens is 228 g/mol. The molecule has 1 aromatic carbocycles. The number of methoxy groups -OCH3 is 1.